The lowest BCUT2D eigenvalue weighted by atomic mass is 10.2. The molecular formula is C22H22N2O6S. The number of aromatic nitrogens is 1. The highest BCUT2D eigenvalue weighted by atomic mass is 32.2. The van der Waals surface area contributed by atoms with Crippen LogP contribution in [0.25, 0.3) is 11.5 Å². The SMILES string of the molecule is COc1ccc(-c2nc(CS(=O)CC(=O)NCc3ccc4c(c3)OCO4)c(C)o2)cc1. The molecule has 1 aromatic heterocycles. The normalized spacial score (nSPS) is 13.1. The molecular weight excluding hydrogens is 420 g/mol. The smallest absolute Gasteiger partial charge is 0.232 e. The Morgan fingerprint density at radius 2 is 1.94 bits per heavy atom. The van der Waals surface area contributed by atoms with Gasteiger partial charge in [0.25, 0.3) is 0 Å². The molecule has 0 fully saturated rings. The fourth-order valence-electron chi connectivity index (χ4n) is 3.07. The number of aryl methyl sites for hydroxylation is 1. The van der Waals surface area contributed by atoms with E-state index in [1.54, 1.807) is 20.1 Å². The third kappa shape index (κ3) is 5.05. The minimum Gasteiger partial charge on any atom is -0.497 e. The summed E-state index contributed by atoms with van der Waals surface area (Å²) in [5, 5.41) is 2.78. The molecule has 0 aliphatic carbocycles. The maximum Gasteiger partial charge on any atom is 0.232 e. The van der Waals surface area contributed by atoms with Gasteiger partial charge in [0.1, 0.15) is 17.3 Å². The molecule has 1 atom stereocenters. The Morgan fingerprint density at radius 3 is 2.71 bits per heavy atom. The summed E-state index contributed by atoms with van der Waals surface area (Å²) in [6.07, 6.45) is 0. The summed E-state index contributed by atoms with van der Waals surface area (Å²) in [4.78, 5) is 16.7. The molecule has 8 nitrogen and oxygen atoms in total. The van der Waals surface area contributed by atoms with Gasteiger partial charge in [-0.1, -0.05) is 6.07 Å². The van der Waals surface area contributed by atoms with Crippen LogP contribution in [-0.4, -0.2) is 34.8 Å². The first-order valence-corrected chi connectivity index (χ1v) is 11.1. The van der Waals surface area contributed by atoms with Crippen molar-refractivity contribution in [3.05, 3.63) is 59.5 Å². The zero-order valence-corrected chi connectivity index (χ0v) is 18.0. The number of carbonyl (C=O) groups is 1. The summed E-state index contributed by atoms with van der Waals surface area (Å²) in [6.45, 7) is 2.29. The molecule has 9 heteroatoms. The highest BCUT2D eigenvalue weighted by Crippen LogP contribution is 2.32. The highest BCUT2D eigenvalue weighted by molar-refractivity contribution is 7.84. The van der Waals surface area contributed by atoms with E-state index < -0.39 is 10.8 Å². The van der Waals surface area contributed by atoms with Crippen LogP contribution in [0.1, 0.15) is 17.0 Å². The third-order valence-corrected chi connectivity index (χ3v) is 5.93. The van der Waals surface area contributed by atoms with Crippen molar-refractivity contribution in [2.45, 2.75) is 19.2 Å². The number of ether oxygens (including phenoxy) is 3. The van der Waals surface area contributed by atoms with Crippen LogP contribution in [0.4, 0.5) is 0 Å². The quantitative estimate of drug-likeness (QED) is 0.572. The number of amides is 1. The zero-order valence-electron chi connectivity index (χ0n) is 17.2. The van der Waals surface area contributed by atoms with Crippen LogP contribution in [0.15, 0.2) is 46.9 Å². The first-order valence-electron chi connectivity index (χ1n) is 9.63. The second kappa shape index (κ2) is 9.22. The molecule has 31 heavy (non-hydrogen) atoms. The summed E-state index contributed by atoms with van der Waals surface area (Å²) >= 11 is 0. The molecule has 0 radical (unpaired) electrons. The average molecular weight is 442 g/mol. The van der Waals surface area contributed by atoms with Crippen LogP contribution >= 0.6 is 0 Å². The molecule has 3 aromatic rings. The Bertz CT molecular complexity index is 1110. The average Bonchev–Trinajstić information content (AvgIpc) is 3.38. The molecule has 1 unspecified atom stereocenters. The molecule has 0 saturated carbocycles. The molecule has 0 saturated heterocycles. The fourth-order valence-corrected chi connectivity index (χ4v) is 4.14. The van der Waals surface area contributed by atoms with Crippen molar-refractivity contribution in [3.8, 4) is 28.7 Å². The summed E-state index contributed by atoms with van der Waals surface area (Å²) in [6, 6.07) is 12.8. The van der Waals surface area contributed by atoms with E-state index in [9.17, 15) is 9.00 Å². The van der Waals surface area contributed by atoms with E-state index >= 15 is 0 Å². The van der Waals surface area contributed by atoms with Crippen molar-refractivity contribution >= 4 is 16.7 Å². The number of nitrogens with one attached hydrogen (secondary N) is 1. The molecule has 1 aliphatic heterocycles. The van der Waals surface area contributed by atoms with Gasteiger partial charge in [0, 0.05) is 22.9 Å². The van der Waals surface area contributed by atoms with Crippen LogP contribution in [0.5, 0.6) is 17.2 Å². The van der Waals surface area contributed by atoms with Gasteiger partial charge in [-0.05, 0) is 48.9 Å². The van der Waals surface area contributed by atoms with Crippen LogP contribution < -0.4 is 19.5 Å². The van der Waals surface area contributed by atoms with Gasteiger partial charge in [-0.15, -0.1) is 0 Å². The Labute approximate surface area is 182 Å². The standard InChI is InChI=1S/C22H22N2O6S/c1-14-18(24-22(30-14)16-4-6-17(27-2)7-5-16)11-31(26)12-21(25)23-10-15-3-8-19-20(9-15)29-13-28-19/h3-9H,10-13H2,1-2H3,(H,23,25). The van der Waals surface area contributed by atoms with Gasteiger partial charge in [-0.3, -0.25) is 9.00 Å². The largest absolute Gasteiger partial charge is 0.497 e. The van der Waals surface area contributed by atoms with Gasteiger partial charge in [0.05, 0.1) is 18.6 Å². The van der Waals surface area contributed by atoms with Crippen LogP contribution in [0.3, 0.4) is 0 Å². The van der Waals surface area contributed by atoms with Gasteiger partial charge < -0.3 is 23.9 Å². The molecule has 1 amide bonds. The van der Waals surface area contributed by atoms with Gasteiger partial charge >= 0.3 is 0 Å². The molecule has 2 heterocycles. The van der Waals surface area contributed by atoms with E-state index in [1.165, 1.54) is 0 Å². The van der Waals surface area contributed by atoms with E-state index in [4.69, 9.17) is 18.6 Å². The number of nitrogens with zero attached hydrogens (tertiary/aromatic N) is 1. The predicted molar refractivity (Wildman–Crippen MR) is 114 cm³/mol. The van der Waals surface area contributed by atoms with Gasteiger partial charge in [0.15, 0.2) is 11.5 Å². The lowest BCUT2D eigenvalue weighted by Gasteiger charge is -2.06. The number of benzene rings is 2. The molecule has 0 bridgehead atoms. The topological polar surface area (TPSA) is 99.9 Å². The van der Waals surface area contributed by atoms with Gasteiger partial charge in [-0.25, -0.2) is 4.98 Å². The van der Waals surface area contributed by atoms with Gasteiger partial charge in [0.2, 0.25) is 18.6 Å². The van der Waals surface area contributed by atoms with E-state index in [0.29, 0.717) is 35.4 Å². The number of methoxy groups -OCH3 is 1. The molecule has 4 rings (SSSR count). The number of carbonyl (C=O) groups excluding carboxylic acids is 1. The molecule has 162 valence electrons. The minimum atomic E-state index is -1.42. The molecule has 0 spiro atoms. The first kappa shape index (κ1) is 20.9. The number of fused-ring (bicyclic) bond motifs is 1. The van der Waals surface area contributed by atoms with Crippen molar-refractivity contribution in [3.63, 3.8) is 0 Å². The van der Waals surface area contributed by atoms with Crippen LogP contribution in [0.2, 0.25) is 0 Å². The number of hydrogen-bond acceptors (Lipinski definition) is 7. The third-order valence-electron chi connectivity index (χ3n) is 4.75. The number of oxazole rings is 1. The molecule has 2 aromatic carbocycles. The summed E-state index contributed by atoms with van der Waals surface area (Å²) in [5.74, 6) is 2.84. The van der Waals surface area contributed by atoms with Crippen molar-refractivity contribution in [2.24, 2.45) is 0 Å². The van der Waals surface area contributed by atoms with Crippen LogP contribution in [-0.2, 0) is 27.9 Å². The molecule has 1 N–H and O–H groups in total. The fraction of sp³-hybridized carbons (Fsp3) is 0.273. The van der Waals surface area contributed by atoms with E-state index in [-0.39, 0.29) is 24.2 Å². The van der Waals surface area contributed by atoms with Crippen LogP contribution in [0, 0.1) is 6.92 Å². The second-order valence-corrected chi connectivity index (χ2v) is 8.40. The minimum absolute atomic E-state index is 0.116. The van der Waals surface area contributed by atoms with Crippen molar-refractivity contribution in [2.75, 3.05) is 19.7 Å². The Balaban J connectivity index is 1.31. The second-order valence-electron chi connectivity index (χ2n) is 6.94. The summed E-state index contributed by atoms with van der Waals surface area (Å²) in [7, 11) is 0.184. The monoisotopic (exact) mass is 442 g/mol. The lowest BCUT2D eigenvalue weighted by Crippen LogP contribution is -2.28. The summed E-state index contributed by atoms with van der Waals surface area (Å²) in [5.41, 5.74) is 2.25. The van der Waals surface area contributed by atoms with Crippen molar-refractivity contribution in [1.82, 2.24) is 10.3 Å². The maximum atomic E-state index is 12.5. The molecule has 1 aliphatic rings. The zero-order chi connectivity index (χ0) is 21.8. The van der Waals surface area contributed by atoms with E-state index in [0.717, 1.165) is 16.9 Å². The Morgan fingerprint density at radius 1 is 1.16 bits per heavy atom. The number of rotatable bonds is 8. The lowest BCUT2D eigenvalue weighted by molar-refractivity contribution is -0.118. The van der Waals surface area contributed by atoms with Gasteiger partial charge in [-0.2, -0.15) is 0 Å². The number of hydrogen-bond donors (Lipinski definition) is 1. The predicted octanol–water partition coefficient (Wildman–Crippen LogP) is 2.95. The van der Waals surface area contributed by atoms with Crippen molar-refractivity contribution < 1.29 is 27.6 Å². The summed E-state index contributed by atoms with van der Waals surface area (Å²) < 4.78 is 33.9. The maximum absolute atomic E-state index is 12.5. The van der Waals surface area contributed by atoms with Crippen molar-refractivity contribution in [1.29, 1.82) is 0 Å². The highest BCUT2D eigenvalue weighted by Gasteiger charge is 2.17. The first-order chi connectivity index (χ1) is 15.0. The Hall–Kier alpha value is -3.33. The van der Waals surface area contributed by atoms with E-state index in [1.807, 2.05) is 36.4 Å². The van der Waals surface area contributed by atoms with E-state index in [2.05, 4.69) is 10.3 Å². The Kier molecular flexibility index (Phi) is 6.22.